The van der Waals surface area contributed by atoms with E-state index in [1.165, 1.54) is 78.2 Å². The van der Waals surface area contributed by atoms with Gasteiger partial charge in [0.05, 0.1) is 45.5 Å². The summed E-state index contributed by atoms with van der Waals surface area (Å²) >= 11 is 0. The molecule has 0 unspecified atom stereocenters. The van der Waals surface area contributed by atoms with Crippen LogP contribution in [-0.2, 0) is 0 Å². The van der Waals surface area contributed by atoms with Gasteiger partial charge in [0.15, 0.2) is 16.9 Å². The largest absolute Gasteiger partial charge is 0.313 e. The lowest BCUT2D eigenvalue weighted by molar-refractivity contribution is 0.831. The van der Waals surface area contributed by atoms with Crippen LogP contribution in [0.4, 0.5) is 45.5 Å². The monoisotopic (exact) mass is 1150 g/mol. The van der Waals surface area contributed by atoms with Gasteiger partial charge in [-0.15, -0.1) is 0 Å². The summed E-state index contributed by atoms with van der Waals surface area (Å²) in [5, 5.41) is 16.4. The van der Waals surface area contributed by atoms with Crippen molar-refractivity contribution in [1.82, 2.24) is 28.8 Å². The molecule has 0 amide bonds. The summed E-state index contributed by atoms with van der Waals surface area (Å²) in [7, 11) is 0. The van der Waals surface area contributed by atoms with Gasteiger partial charge in [0.2, 0.25) is 0 Å². The number of aromatic nitrogens is 6. The number of anilines is 8. The summed E-state index contributed by atoms with van der Waals surface area (Å²) in [6, 6.07) is 103. The Labute approximate surface area is 519 Å². The molecule has 0 atom stereocenters. The zero-order valence-corrected chi connectivity index (χ0v) is 48.7. The number of fused-ring (bicyclic) bond motifs is 20. The fraction of sp³-hybridized carbons (Fsp3) is 0.0247. The summed E-state index contributed by atoms with van der Waals surface area (Å²) in [6.07, 6.45) is 6.56. The quantitative estimate of drug-likeness (QED) is 0.165. The number of nitrogens with zero attached hydrogens (tertiary/aromatic N) is 9. The molecule has 1 aliphatic carbocycles. The molecule has 0 fully saturated rings. The average molecular weight is 1150 g/mol. The first-order valence-electron chi connectivity index (χ1n) is 30.8. The van der Waals surface area contributed by atoms with Crippen molar-refractivity contribution in [1.29, 1.82) is 0 Å². The van der Waals surface area contributed by atoms with E-state index in [4.69, 9.17) is 15.3 Å². The van der Waals surface area contributed by atoms with Gasteiger partial charge in [0, 0.05) is 91.0 Å². The number of allylic oxidation sites excluding steroid dienone is 4. The Hall–Kier alpha value is -12.1. The molecule has 7 heterocycles. The minimum atomic E-state index is 0.818. The fourth-order valence-corrected chi connectivity index (χ4v) is 14.6. The van der Waals surface area contributed by atoms with Crippen LogP contribution in [0.1, 0.15) is 18.4 Å². The second-order valence-electron chi connectivity index (χ2n) is 23.6. The summed E-state index contributed by atoms with van der Waals surface area (Å²) in [4.78, 5) is 7.26. The zero-order valence-electron chi connectivity index (χ0n) is 48.7. The minimum Gasteiger partial charge on any atom is -0.313 e. The van der Waals surface area contributed by atoms with Crippen LogP contribution in [0.3, 0.4) is 0 Å². The predicted octanol–water partition coefficient (Wildman–Crippen LogP) is 20.7. The van der Waals surface area contributed by atoms with Crippen molar-refractivity contribution in [3.63, 3.8) is 0 Å². The Balaban J connectivity index is 0.739. The second-order valence-corrected chi connectivity index (χ2v) is 23.6. The van der Waals surface area contributed by atoms with E-state index in [2.05, 4.69) is 312 Å². The van der Waals surface area contributed by atoms with E-state index in [0.29, 0.717) is 0 Å². The Morgan fingerprint density at radius 1 is 0.256 bits per heavy atom. The first-order chi connectivity index (χ1) is 44.6. The van der Waals surface area contributed by atoms with E-state index < -0.39 is 0 Å². The molecule has 0 spiro atoms. The van der Waals surface area contributed by atoms with E-state index >= 15 is 0 Å². The molecule has 0 saturated heterocycles. The van der Waals surface area contributed by atoms with Crippen LogP contribution in [0.5, 0.6) is 0 Å². The third-order valence-corrected chi connectivity index (χ3v) is 18.6. The first kappa shape index (κ1) is 50.1. The van der Waals surface area contributed by atoms with Gasteiger partial charge in [-0.3, -0.25) is 0 Å². The number of hydrogen-bond donors (Lipinski definition) is 0. The Morgan fingerprint density at radius 2 is 0.522 bits per heavy atom. The molecular formula is C81H53N9. The van der Waals surface area contributed by atoms with Crippen molar-refractivity contribution >= 4 is 68.0 Å². The maximum absolute atomic E-state index is 5.45. The molecule has 4 aromatic heterocycles. The van der Waals surface area contributed by atoms with Crippen LogP contribution < -0.4 is 14.7 Å². The standard InChI is InChI=1S/C81H53N9/c1-2-20-59-58(19-1)64-25-7-13-31-73(64)85(74-32-14-8-26-65(59)74)55-43-37-52(38-44-55)70-49-79-88(82-70)80-50-71(53-39-45-56(46-40-53)86-75-33-15-9-27-66(75)60-21-3-4-22-61(60)67-28-10-16-34-76(67)86)84-90(80)81-51-72(83-89(79)81)54-41-47-57(48-42-54)87-77-35-17-11-29-68(77)62-23-5-6-24-63(62)69-30-12-18-36-78(69)87/h1-17,19-35,37-51H,18,36H2. The summed E-state index contributed by atoms with van der Waals surface area (Å²) in [6.45, 7) is 0. The molecule has 19 rings (SSSR count). The van der Waals surface area contributed by atoms with Gasteiger partial charge in [-0.2, -0.15) is 28.8 Å². The smallest absolute Gasteiger partial charge is 0.162 e. The SMILES string of the molecule is C1=CC2=C(CC1)N(c1ccc(-c3cc4n(n3)c3cc(-c5ccc(N6c7ccccc7-c7ccccc7-c7ccccc76)cc5)nn3c3cc(-c5ccc(N6c7ccccc7-c7ccccc7-c7ccccc76)cc5)nn43)cc1)c1ccccc1-c1ccccc12. The highest BCUT2D eigenvalue weighted by Gasteiger charge is 2.31. The van der Waals surface area contributed by atoms with E-state index in [1.54, 1.807) is 0 Å². The summed E-state index contributed by atoms with van der Waals surface area (Å²) < 4.78 is 6.01. The first-order valence-corrected chi connectivity index (χ1v) is 30.8. The van der Waals surface area contributed by atoms with Gasteiger partial charge >= 0.3 is 0 Å². The van der Waals surface area contributed by atoms with Crippen LogP contribution in [0, 0.1) is 0 Å². The fourth-order valence-electron chi connectivity index (χ4n) is 14.6. The molecule has 0 bridgehead atoms. The molecule has 0 saturated carbocycles. The van der Waals surface area contributed by atoms with Gasteiger partial charge in [0.25, 0.3) is 0 Å². The van der Waals surface area contributed by atoms with E-state index in [9.17, 15) is 0 Å². The van der Waals surface area contributed by atoms with E-state index in [-0.39, 0.29) is 0 Å². The summed E-state index contributed by atoms with van der Waals surface area (Å²) in [5.41, 5.74) is 32.8. The Kier molecular flexibility index (Phi) is 11.0. The Bertz CT molecular complexity index is 5120. The van der Waals surface area contributed by atoms with Crippen LogP contribution in [-0.4, -0.2) is 28.8 Å². The second kappa shape index (κ2) is 19.7. The molecule has 90 heavy (non-hydrogen) atoms. The molecule has 3 aliphatic heterocycles. The maximum atomic E-state index is 5.45. The predicted molar refractivity (Wildman–Crippen MR) is 367 cm³/mol. The summed E-state index contributed by atoms with van der Waals surface area (Å²) in [5.74, 6) is 0. The maximum Gasteiger partial charge on any atom is 0.162 e. The van der Waals surface area contributed by atoms with Crippen molar-refractivity contribution in [3.05, 3.63) is 309 Å². The van der Waals surface area contributed by atoms with Gasteiger partial charge in [0.1, 0.15) is 0 Å². The lowest BCUT2D eigenvalue weighted by atomic mass is 9.91. The van der Waals surface area contributed by atoms with Gasteiger partial charge < -0.3 is 14.7 Å². The van der Waals surface area contributed by atoms with Crippen molar-refractivity contribution in [2.24, 2.45) is 0 Å². The third-order valence-electron chi connectivity index (χ3n) is 18.6. The lowest BCUT2D eigenvalue weighted by Gasteiger charge is -2.30. The normalized spacial score (nSPS) is 13.5. The van der Waals surface area contributed by atoms with Crippen molar-refractivity contribution in [2.75, 3.05) is 14.7 Å². The highest BCUT2D eigenvalue weighted by molar-refractivity contribution is 6.05. The number of rotatable bonds is 6. The molecule has 9 nitrogen and oxygen atoms in total. The molecule has 11 aromatic carbocycles. The molecule has 0 N–H and O–H groups in total. The van der Waals surface area contributed by atoms with Crippen LogP contribution in [0.2, 0.25) is 0 Å². The minimum absolute atomic E-state index is 0.818. The van der Waals surface area contributed by atoms with Gasteiger partial charge in [-0.1, -0.05) is 212 Å². The van der Waals surface area contributed by atoms with Crippen LogP contribution in [0.15, 0.2) is 303 Å². The number of hydrogen-bond acceptors (Lipinski definition) is 6. The van der Waals surface area contributed by atoms with Gasteiger partial charge in [-0.25, -0.2) is 0 Å². The molecule has 15 aromatic rings. The number of para-hydroxylation sites is 5. The lowest BCUT2D eigenvalue weighted by Crippen LogP contribution is -2.18. The van der Waals surface area contributed by atoms with Crippen LogP contribution in [0.25, 0.3) is 112 Å². The van der Waals surface area contributed by atoms with Crippen molar-refractivity contribution < 1.29 is 0 Å². The van der Waals surface area contributed by atoms with Crippen LogP contribution >= 0.6 is 0 Å². The highest BCUT2D eigenvalue weighted by Crippen LogP contribution is 2.54. The Morgan fingerprint density at radius 3 is 0.856 bits per heavy atom. The van der Waals surface area contributed by atoms with E-state index in [1.807, 2.05) is 13.5 Å². The molecule has 422 valence electrons. The van der Waals surface area contributed by atoms with Crippen molar-refractivity contribution in [3.8, 4) is 89.4 Å². The van der Waals surface area contributed by atoms with E-state index in [0.717, 1.165) is 103 Å². The third kappa shape index (κ3) is 7.59. The topological polar surface area (TPSA) is 61.6 Å². The average Bonchev–Trinajstić information content (AvgIpc) is 1.78. The molecular weight excluding hydrogens is 1100 g/mol. The van der Waals surface area contributed by atoms with Crippen molar-refractivity contribution in [2.45, 2.75) is 12.8 Å². The number of benzene rings is 11. The molecule has 9 heteroatoms. The molecule has 0 radical (unpaired) electrons. The van der Waals surface area contributed by atoms with Gasteiger partial charge in [-0.05, 0) is 113 Å². The zero-order chi connectivity index (χ0) is 59.0. The molecule has 4 aliphatic rings. The highest BCUT2D eigenvalue weighted by atomic mass is 15.4.